The molecule has 0 spiro atoms. The number of benzene rings is 1. The van der Waals surface area contributed by atoms with Crippen molar-refractivity contribution in [3.8, 4) is 11.1 Å². The monoisotopic (exact) mass is 330 g/mol. The Morgan fingerprint density at radius 2 is 1.76 bits per heavy atom. The number of rotatable bonds is 4. The summed E-state index contributed by atoms with van der Waals surface area (Å²) >= 11 is 0. The van der Waals surface area contributed by atoms with Gasteiger partial charge in [0.05, 0.1) is 12.2 Å². The summed E-state index contributed by atoms with van der Waals surface area (Å²) in [4.78, 5) is 13.2. The van der Waals surface area contributed by atoms with Gasteiger partial charge in [0.1, 0.15) is 11.6 Å². The lowest BCUT2D eigenvalue weighted by Crippen LogP contribution is -2.08. The quantitative estimate of drug-likeness (QED) is 0.621. The highest BCUT2D eigenvalue weighted by Gasteiger charge is 2.15. The predicted molar refractivity (Wildman–Crippen MR) is 97.3 cm³/mol. The fourth-order valence-corrected chi connectivity index (χ4v) is 2.90. The summed E-state index contributed by atoms with van der Waals surface area (Å²) in [5.41, 5.74) is 4.90. The minimum absolute atomic E-state index is 0.527. The SMILES string of the molecule is Cc1cc(NCc2ncccn2)n2nc(C)c(-c3ccccc3)c2n1. The summed E-state index contributed by atoms with van der Waals surface area (Å²) in [6, 6.07) is 14.0. The molecule has 4 rings (SSSR count). The molecule has 0 saturated carbocycles. The summed E-state index contributed by atoms with van der Waals surface area (Å²) in [6.07, 6.45) is 3.48. The van der Waals surface area contributed by atoms with Crippen LogP contribution in [0.2, 0.25) is 0 Å². The van der Waals surface area contributed by atoms with Crippen LogP contribution in [-0.4, -0.2) is 24.6 Å². The minimum atomic E-state index is 0.527. The van der Waals surface area contributed by atoms with Gasteiger partial charge in [0.2, 0.25) is 0 Å². The van der Waals surface area contributed by atoms with E-state index in [4.69, 9.17) is 10.1 Å². The van der Waals surface area contributed by atoms with E-state index in [1.165, 1.54) is 0 Å². The fourth-order valence-electron chi connectivity index (χ4n) is 2.90. The smallest absolute Gasteiger partial charge is 0.165 e. The van der Waals surface area contributed by atoms with Gasteiger partial charge in [-0.2, -0.15) is 9.61 Å². The van der Waals surface area contributed by atoms with E-state index in [-0.39, 0.29) is 0 Å². The lowest BCUT2D eigenvalue weighted by molar-refractivity contribution is 0.878. The van der Waals surface area contributed by atoms with Crippen LogP contribution in [-0.2, 0) is 6.54 Å². The van der Waals surface area contributed by atoms with Crippen LogP contribution in [0, 0.1) is 13.8 Å². The Hall–Kier alpha value is -3.28. The largest absolute Gasteiger partial charge is 0.363 e. The van der Waals surface area contributed by atoms with E-state index in [0.717, 1.165) is 39.8 Å². The van der Waals surface area contributed by atoms with Crippen molar-refractivity contribution in [1.29, 1.82) is 0 Å². The van der Waals surface area contributed by atoms with Gasteiger partial charge in [-0.3, -0.25) is 0 Å². The Bertz CT molecular complexity index is 1010. The standard InChI is InChI=1S/C19H18N6/c1-13-11-17(22-12-16-20-9-6-10-21-16)25-19(23-13)18(14(2)24-25)15-7-4-3-5-8-15/h3-11,22H,12H2,1-2H3. The highest BCUT2D eigenvalue weighted by atomic mass is 15.3. The van der Waals surface area contributed by atoms with Crippen molar-refractivity contribution >= 4 is 11.5 Å². The molecular formula is C19H18N6. The highest BCUT2D eigenvalue weighted by Crippen LogP contribution is 2.29. The van der Waals surface area contributed by atoms with Gasteiger partial charge in [-0.15, -0.1) is 0 Å². The maximum absolute atomic E-state index is 4.72. The number of fused-ring (bicyclic) bond motifs is 1. The number of anilines is 1. The van der Waals surface area contributed by atoms with Crippen LogP contribution < -0.4 is 5.32 Å². The molecule has 3 heterocycles. The van der Waals surface area contributed by atoms with Gasteiger partial charge < -0.3 is 5.32 Å². The first-order valence-corrected chi connectivity index (χ1v) is 8.14. The van der Waals surface area contributed by atoms with Crippen LogP contribution in [0.4, 0.5) is 5.82 Å². The fraction of sp³-hybridized carbons (Fsp3) is 0.158. The van der Waals surface area contributed by atoms with E-state index in [0.29, 0.717) is 6.54 Å². The number of nitrogens with zero attached hydrogens (tertiary/aromatic N) is 5. The molecule has 0 saturated heterocycles. The predicted octanol–water partition coefficient (Wildman–Crippen LogP) is 3.42. The van der Waals surface area contributed by atoms with Gasteiger partial charge in [0, 0.05) is 29.7 Å². The van der Waals surface area contributed by atoms with Crippen LogP contribution in [0.5, 0.6) is 0 Å². The first kappa shape index (κ1) is 15.3. The summed E-state index contributed by atoms with van der Waals surface area (Å²) < 4.78 is 1.85. The summed E-state index contributed by atoms with van der Waals surface area (Å²) in [6.45, 7) is 4.52. The van der Waals surface area contributed by atoms with E-state index >= 15 is 0 Å². The summed E-state index contributed by atoms with van der Waals surface area (Å²) in [5, 5.41) is 8.07. The van der Waals surface area contributed by atoms with Crippen molar-refractivity contribution in [2.24, 2.45) is 0 Å². The Balaban J connectivity index is 1.78. The molecule has 0 aliphatic rings. The molecule has 3 aromatic heterocycles. The van der Waals surface area contributed by atoms with E-state index in [1.54, 1.807) is 18.5 Å². The van der Waals surface area contributed by atoms with E-state index in [1.807, 2.05) is 42.6 Å². The normalized spacial score (nSPS) is 11.0. The second-order valence-corrected chi connectivity index (χ2v) is 5.86. The molecule has 0 fully saturated rings. The lowest BCUT2D eigenvalue weighted by Gasteiger charge is -2.09. The molecule has 0 aliphatic carbocycles. The zero-order valence-corrected chi connectivity index (χ0v) is 14.1. The first-order valence-electron chi connectivity index (χ1n) is 8.14. The van der Waals surface area contributed by atoms with Crippen LogP contribution in [0.1, 0.15) is 17.2 Å². The van der Waals surface area contributed by atoms with Crippen LogP contribution in [0.3, 0.4) is 0 Å². The topological polar surface area (TPSA) is 68.0 Å². The van der Waals surface area contributed by atoms with Crippen molar-refractivity contribution in [2.45, 2.75) is 20.4 Å². The molecule has 0 unspecified atom stereocenters. The molecule has 25 heavy (non-hydrogen) atoms. The third kappa shape index (κ3) is 2.94. The van der Waals surface area contributed by atoms with Crippen molar-refractivity contribution in [1.82, 2.24) is 24.6 Å². The molecule has 0 atom stereocenters. The number of hydrogen-bond acceptors (Lipinski definition) is 5. The zero-order valence-electron chi connectivity index (χ0n) is 14.1. The lowest BCUT2D eigenvalue weighted by atomic mass is 10.1. The number of aromatic nitrogens is 5. The van der Waals surface area contributed by atoms with Gasteiger partial charge in [-0.05, 0) is 25.5 Å². The van der Waals surface area contributed by atoms with Crippen molar-refractivity contribution in [2.75, 3.05) is 5.32 Å². The molecule has 0 aliphatic heterocycles. The molecule has 0 bridgehead atoms. The molecule has 0 amide bonds. The molecule has 124 valence electrons. The highest BCUT2D eigenvalue weighted by molar-refractivity contribution is 5.80. The van der Waals surface area contributed by atoms with Crippen LogP contribution in [0.25, 0.3) is 16.8 Å². The maximum Gasteiger partial charge on any atom is 0.165 e. The van der Waals surface area contributed by atoms with Crippen molar-refractivity contribution in [3.05, 3.63) is 72.1 Å². The van der Waals surface area contributed by atoms with E-state index in [9.17, 15) is 0 Å². The molecule has 4 aromatic rings. The zero-order chi connectivity index (χ0) is 17.2. The second-order valence-electron chi connectivity index (χ2n) is 5.86. The molecule has 0 radical (unpaired) electrons. The minimum Gasteiger partial charge on any atom is -0.363 e. The van der Waals surface area contributed by atoms with Crippen molar-refractivity contribution in [3.63, 3.8) is 0 Å². The van der Waals surface area contributed by atoms with Gasteiger partial charge >= 0.3 is 0 Å². The average Bonchev–Trinajstić information content (AvgIpc) is 2.97. The van der Waals surface area contributed by atoms with Gasteiger partial charge in [0.25, 0.3) is 0 Å². The van der Waals surface area contributed by atoms with Crippen molar-refractivity contribution < 1.29 is 0 Å². The summed E-state index contributed by atoms with van der Waals surface area (Å²) in [5.74, 6) is 1.61. The maximum atomic E-state index is 4.72. The number of hydrogen-bond donors (Lipinski definition) is 1. The Morgan fingerprint density at radius 1 is 1.00 bits per heavy atom. The molecule has 6 heteroatoms. The number of nitrogens with one attached hydrogen (secondary N) is 1. The van der Waals surface area contributed by atoms with Crippen LogP contribution >= 0.6 is 0 Å². The number of aryl methyl sites for hydroxylation is 2. The molecule has 1 aromatic carbocycles. The third-order valence-electron chi connectivity index (χ3n) is 4.00. The first-order chi connectivity index (χ1) is 12.2. The summed E-state index contributed by atoms with van der Waals surface area (Å²) in [7, 11) is 0. The van der Waals surface area contributed by atoms with Gasteiger partial charge in [-0.1, -0.05) is 30.3 Å². The second kappa shape index (κ2) is 6.32. The molecule has 1 N–H and O–H groups in total. The van der Waals surface area contributed by atoms with Gasteiger partial charge in [0.15, 0.2) is 5.65 Å². The Morgan fingerprint density at radius 3 is 2.52 bits per heavy atom. The molecule has 6 nitrogen and oxygen atoms in total. The van der Waals surface area contributed by atoms with Gasteiger partial charge in [-0.25, -0.2) is 15.0 Å². The average molecular weight is 330 g/mol. The third-order valence-corrected chi connectivity index (χ3v) is 4.00. The van der Waals surface area contributed by atoms with E-state index < -0.39 is 0 Å². The van der Waals surface area contributed by atoms with E-state index in [2.05, 4.69) is 27.4 Å². The Kier molecular flexibility index (Phi) is 3.85. The molecular weight excluding hydrogens is 312 g/mol. The Labute approximate surface area is 145 Å². The van der Waals surface area contributed by atoms with Crippen LogP contribution in [0.15, 0.2) is 54.9 Å².